The van der Waals surface area contributed by atoms with Gasteiger partial charge in [0.25, 0.3) is 0 Å². The maximum absolute atomic E-state index is 15.2. The Bertz CT molecular complexity index is 655. The molecule has 4 unspecified atom stereocenters. The Kier molecular flexibility index (Phi) is 6.33. The first-order chi connectivity index (χ1) is 11.9. The zero-order valence-corrected chi connectivity index (χ0v) is 14.2. The number of hydrogen-bond acceptors (Lipinski definition) is 5. The Morgan fingerprint density at radius 3 is 2.64 bits per heavy atom. The van der Waals surface area contributed by atoms with E-state index in [0.29, 0.717) is 17.7 Å². The van der Waals surface area contributed by atoms with Gasteiger partial charge in [0.15, 0.2) is 24.5 Å². The van der Waals surface area contributed by atoms with Crippen LogP contribution in [0.15, 0.2) is 54.8 Å². The fourth-order valence-electron chi connectivity index (χ4n) is 2.47. The van der Waals surface area contributed by atoms with E-state index in [2.05, 4.69) is 6.58 Å². The molecule has 0 radical (unpaired) electrons. The van der Waals surface area contributed by atoms with E-state index in [1.165, 1.54) is 13.0 Å². The first kappa shape index (κ1) is 18.7. The van der Waals surface area contributed by atoms with Crippen LogP contribution in [0.25, 0.3) is 0 Å². The SMILES string of the molecule is C=C(CC)OC(C(F)c1ccccc1)C1OC(=O)C=CC1OC(C)=O. The lowest BCUT2D eigenvalue weighted by Crippen LogP contribution is -2.47. The van der Waals surface area contributed by atoms with Gasteiger partial charge in [0.05, 0.1) is 5.76 Å². The fraction of sp³-hybridized carbons (Fsp3) is 0.368. The van der Waals surface area contributed by atoms with E-state index in [1.54, 1.807) is 30.3 Å². The Morgan fingerprint density at radius 2 is 2.04 bits per heavy atom. The number of ether oxygens (including phenoxy) is 3. The van der Waals surface area contributed by atoms with Gasteiger partial charge in [-0.1, -0.05) is 43.8 Å². The Morgan fingerprint density at radius 1 is 1.36 bits per heavy atom. The molecule has 6 heteroatoms. The molecule has 1 aromatic rings. The predicted molar refractivity (Wildman–Crippen MR) is 89.2 cm³/mol. The minimum Gasteiger partial charge on any atom is -0.488 e. The highest BCUT2D eigenvalue weighted by Crippen LogP contribution is 2.32. The third-order valence-electron chi connectivity index (χ3n) is 3.73. The predicted octanol–water partition coefficient (Wildman–Crippen LogP) is 3.42. The second-order valence-corrected chi connectivity index (χ2v) is 5.62. The van der Waals surface area contributed by atoms with Crippen molar-refractivity contribution in [2.24, 2.45) is 0 Å². The lowest BCUT2D eigenvalue weighted by molar-refractivity contribution is -0.176. The third kappa shape index (κ3) is 4.92. The maximum atomic E-state index is 15.2. The van der Waals surface area contributed by atoms with Crippen molar-refractivity contribution in [2.75, 3.05) is 0 Å². The van der Waals surface area contributed by atoms with Gasteiger partial charge in [-0.05, 0) is 11.6 Å². The Labute approximate surface area is 146 Å². The number of carbonyl (C=O) groups excluding carboxylic acids is 2. The number of cyclic esters (lactones) is 1. The summed E-state index contributed by atoms with van der Waals surface area (Å²) in [5.41, 5.74) is 0.364. The summed E-state index contributed by atoms with van der Waals surface area (Å²) in [5.74, 6) is -0.874. The molecule has 0 aromatic heterocycles. The van der Waals surface area contributed by atoms with Crippen LogP contribution < -0.4 is 0 Å². The van der Waals surface area contributed by atoms with Crippen LogP contribution >= 0.6 is 0 Å². The molecule has 1 aromatic carbocycles. The molecule has 0 bridgehead atoms. The van der Waals surface area contributed by atoms with Gasteiger partial charge in [-0.15, -0.1) is 0 Å². The topological polar surface area (TPSA) is 61.8 Å². The molecule has 1 heterocycles. The van der Waals surface area contributed by atoms with Crippen LogP contribution in [0, 0.1) is 0 Å². The van der Waals surface area contributed by atoms with Crippen LogP contribution in [-0.4, -0.2) is 30.3 Å². The number of halogens is 1. The van der Waals surface area contributed by atoms with Crippen molar-refractivity contribution in [2.45, 2.75) is 44.8 Å². The number of alkyl halides is 1. The highest BCUT2D eigenvalue weighted by atomic mass is 19.1. The van der Waals surface area contributed by atoms with E-state index in [0.717, 1.165) is 6.08 Å². The van der Waals surface area contributed by atoms with Crippen LogP contribution in [0.3, 0.4) is 0 Å². The lowest BCUT2D eigenvalue weighted by atomic mass is 9.96. The van der Waals surface area contributed by atoms with Crippen molar-refractivity contribution in [1.82, 2.24) is 0 Å². The first-order valence-electron chi connectivity index (χ1n) is 8.01. The number of rotatable bonds is 7. The summed E-state index contributed by atoms with van der Waals surface area (Å²) in [6, 6.07) is 8.38. The second-order valence-electron chi connectivity index (χ2n) is 5.62. The van der Waals surface area contributed by atoms with Gasteiger partial charge < -0.3 is 14.2 Å². The zero-order valence-electron chi connectivity index (χ0n) is 14.2. The van der Waals surface area contributed by atoms with Crippen molar-refractivity contribution in [1.29, 1.82) is 0 Å². The highest BCUT2D eigenvalue weighted by molar-refractivity contribution is 5.83. The van der Waals surface area contributed by atoms with Gasteiger partial charge >= 0.3 is 11.9 Å². The normalized spacial score (nSPS) is 21.8. The summed E-state index contributed by atoms with van der Waals surface area (Å²) in [5, 5.41) is 0. The standard InChI is InChI=1S/C19H21FO5/c1-4-12(2)23-19(17(20)14-8-6-5-7-9-14)18-15(24-13(3)21)10-11-16(22)25-18/h5-11,15,17-19H,2,4H2,1,3H3. The highest BCUT2D eigenvalue weighted by Gasteiger charge is 2.43. The van der Waals surface area contributed by atoms with E-state index in [1.807, 2.05) is 6.92 Å². The maximum Gasteiger partial charge on any atom is 0.331 e. The van der Waals surface area contributed by atoms with Crippen molar-refractivity contribution >= 4 is 11.9 Å². The molecule has 0 saturated carbocycles. The van der Waals surface area contributed by atoms with Crippen molar-refractivity contribution in [3.63, 3.8) is 0 Å². The molecular formula is C19H21FO5. The quantitative estimate of drug-likeness (QED) is 0.558. The number of benzene rings is 1. The van der Waals surface area contributed by atoms with Gasteiger partial charge in [-0.3, -0.25) is 4.79 Å². The molecule has 2 rings (SSSR count). The van der Waals surface area contributed by atoms with E-state index in [-0.39, 0.29) is 0 Å². The zero-order chi connectivity index (χ0) is 18.4. The summed E-state index contributed by atoms with van der Waals surface area (Å²) >= 11 is 0. The third-order valence-corrected chi connectivity index (χ3v) is 3.73. The van der Waals surface area contributed by atoms with Gasteiger partial charge in [0, 0.05) is 19.4 Å². The molecule has 0 spiro atoms. The Balaban J connectivity index is 2.34. The molecule has 1 aliphatic heterocycles. The van der Waals surface area contributed by atoms with Crippen LogP contribution in [0.4, 0.5) is 4.39 Å². The molecule has 0 N–H and O–H groups in total. The molecule has 0 fully saturated rings. The number of hydrogen-bond donors (Lipinski definition) is 0. The second kappa shape index (κ2) is 8.46. The molecule has 1 aliphatic rings. The lowest BCUT2D eigenvalue weighted by Gasteiger charge is -2.35. The summed E-state index contributed by atoms with van der Waals surface area (Å²) < 4.78 is 31.2. The summed E-state index contributed by atoms with van der Waals surface area (Å²) in [6.45, 7) is 6.77. The van der Waals surface area contributed by atoms with Crippen LogP contribution in [0.1, 0.15) is 32.0 Å². The van der Waals surface area contributed by atoms with E-state index in [4.69, 9.17) is 14.2 Å². The van der Waals surface area contributed by atoms with Gasteiger partial charge in [-0.25, -0.2) is 9.18 Å². The molecular weight excluding hydrogens is 327 g/mol. The number of allylic oxidation sites excluding steroid dienone is 1. The van der Waals surface area contributed by atoms with Crippen LogP contribution in [-0.2, 0) is 23.8 Å². The molecule has 0 aliphatic carbocycles. The largest absolute Gasteiger partial charge is 0.488 e. The van der Waals surface area contributed by atoms with Crippen molar-refractivity contribution in [3.05, 3.63) is 60.4 Å². The number of esters is 2. The average molecular weight is 348 g/mol. The molecule has 0 saturated heterocycles. The number of carbonyl (C=O) groups is 2. The summed E-state index contributed by atoms with van der Waals surface area (Å²) in [7, 11) is 0. The molecule has 134 valence electrons. The molecule has 5 nitrogen and oxygen atoms in total. The van der Waals surface area contributed by atoms with Gasteiger partial charge in [0.1, 0.15) is 0 Å². The smallest absolute Gasteiger partial charge is 0.331 e. The molecule has 0 amide bonds. The van der Waals surface area contributed by atoms with Gasteiger partial charge in [0.2, 0.25) is 0 Å². The summed E-state index contributed by atoms with van der Waals surface area (Å²) in [4.78, 5) is 23.0. The minimum atomic E-state index is -1.60. The monoisotopic (exact) mass is 348 g/mol. The first-order valence-corrected chi connectivity index (χ1v) is 8.01. The van der Waals surface area contributed by atoms with E-state index in [9.17, 15) is 9.59 Å². The average Bonchev–Trinajstić information content (AvgIpc) is 2.61. The van der Waals surface area contributed by atoms with E-state index < -0.39 is 36.4 Å². The fourth-order valence-corrected chi connectivity index (χ4v) is 2.47. The minimum absolute atomic E-state index is 0.343. The molecule has 25 heavy (non-hydrogen) atoms. The molecule has 4 atom stereocenters. The Hall–Kier alpha value is -2.63. The van der Waals surface area contributed by atoms with Crippen molar-refractivity contribution in [3.8, 4) is 0 Å². The summed E-state index contributed by atoms with van der Waals surface area (Å²) in [6.07, 6.45) is -1.88. The van der Waals surface area contributed by atoms with Crippen LogP contribution in [0.5, 0.6) is 0 Å². The van der Waals surface area contributed by atoms with Crippen molar-refractivity contribution < 1.29 is 28.2 Å². The van der Waals surface area contributed by atoms with E-state index >= 15 is 4.39 Å². The van der Waals surface area contributed by atoms with Gasteiger partial charge in [-0.2, -0.15) is 0 Å². The van der Waals surface area contributed by atoms with Crippen LogP contribution in [0.2, 0.25) is 0 Å².